The van der Waals surface area contributed by atoms with Crippen LogP contribution in [0.25, 0.3) is 5.57 Å². The molecule has 2 atom stereocenters. The highest BCUT2D eigenvalue weighted by atomic mass is 32.3. The Hall–Kier alpha value is -1.73. The van der Waals surface area contributed by atoms with Gasteiger partial charge < -0.3 is 0 Å². The fourth-order valence-corrected chi connectivity index (χ4v) is 7.37. The van der Waals surface area contributed by atoms with Crippen molar-refractivity contribution in [1.29, 1.82) is 0 Å². The quantitative estimate of drug-likeness (QED) is 0.591. The first-order valence-electron chi connectivity index (χ1n) is 7.96. The number of allylic oxidation sites excluding steroid dienone is 4. The maximum atomic E-state index is 2.49. The van der Waals surface area contributed by atoms with Gasteiger partial charge in [-0.15, -0.1) is 0 Å². The molecule has 0 bridgehead atoms. The smallest absolute Gasteiger partial charge is 0.00554 e. The highest BCUT2D eigenvalue weighted by molar-refractivity contribution is 8.36. The third-order valence-corrected chi connectivity index (χ3v) is 8.82. The first kappa shape index (κ1) is 13.9. The molecular formula is C21H22S. The minimum absolute atomic E-state index is 0.644. The lowest BCUT2D eigenvalue weighted by molar-refractivity contribution is 0.731. The second-order valence-electron chi connectivity index (χ2n) is 6.61. The van der Waals surface area contributed by atoms with Crippen molar-refractivity contribution < 1.29 is 0 Å². The summed E-state index contributed by atoms with van der Waals surface area (Å²) in [5.41, 5.74) is 4.29. The average Bonchev–Trinajstić information content (AvgIpc) is 2.79. The molecule has 0 saturated heterocycles. The van der Waals surface area contributed by atoms with Gasteiger partial charge in [0.2, 0.25) is 0 Å². The van der Waals surface area contributed by atoms with E-state index in [-0.39, 0.29) is 0 Å². The molecule has 112 valence electrons. The minimum atomic E-state index is -1.06. The molecule has 0 spiro atoms. The Morgan fingerprint density at radius 3 is 2.50 bits per heavy atom. The molecule has 0 saturated carbocycles. The SMILES string of the molecule is Cc1ccc(S2(C)C3=C(C=CC(C)C3)c3ccccc32)cc1. The second-order valence-corrected chi connectivity index (χ2v) is 9.85. The van der Waals surface area contributed by atoms with Crippen molar-refractivity contribution >= 4 is 15.6 Å². The summed E-state index contributed by atoms with van der Waals surface area (Å²) in [6.45, 7) is 4.50. The topological polar surface area (TPSA) is 0 Å². The van der Waals surface area contributed by atoms with E-state index in [0.29, 0.717) is 5.92 Å². The van der Waals surface area contributed by atoms with Crippen LogP contribution in [-0.4, -0.2) is 6.26 Å². The number of rotatable bonds is 1. The van der Waals surface area contributed by atoms with Crippen molar-refractivity contribution in [3.05, 3.63) is 76.7 Å². The molecule has 2 aromatic carbocycles. The largest absolute Gasteiger partial charge is 0.166 e. The molecule has 4 rings (SSSR count). The standard InChI is InChI=1S/C21H22S/c1-15-8-11-17(12-9-15)22(3)20-7-5-4-6-18(20)19-13-10-16(2)14-21(19)22/h4-13,16H,14H2,1-3H3. The van der Waals surface area contributed by atoms with Crippen LogP contribution in [0.4, 0.5) is 0 Å². The molecule has 2 aromatic rings. The van der Waals surface area contributed by atoms with Gasteiger partial charge in [-0.05, 0) is 64.7 Å². The lowest BCUT2D eigenvalue weighted by atomic mass is 9.94. The lowest BCUT2D eigenvalue weighted by Gasteiger charge is -2.38. The fraction of sp³-hybridized carbons (Fsp3) is 0.238. The van der Waals surface area contributed by atoms with E-state index >= 15 is 0 Å². The average molecular weight is 306 g/mol. The van der Waals surface area contributed by atoms with Crippen LogP contribution in [0, 0.1) is 12.8 Å². The van der Waals surface area contributed by atoms with Gasteiger partial charge in [-0.3, -0.25) is 0 Å². The van der Waals surface area contributed by atoms with Gasteiger partial charge in [-0.1, -0.05) is 55.0 Å². The molecule has 22 heavy (non-hydrogen) atoms. The van der Waals surface area contributed by atoms with E-state index in [1.54, 1.807) is 9.80 Å². The third kappa shape index (κ3) is 1.85. The van der Waals surface area contributed by atoms with Crippen molar-refractivity contribution in [3.63, 3.8) is 0 Å². The van der Waals surface area contributed by atoms with E-state index in [2.05, 4.69) is 80.8 Å². The fourth-order valence-electron chi connectivity index (χ4n) is 3.71. The van der Waals surface area contributed by atoms with E-state index in [1.807, 2.05) is 0 Å². The Kier molecular flexibility index (Phi) is 3.09. The molecule has 1 heterocycles. The van der Waals surface area contributed by atoms with E-state index in [0.717, 1.165) is 0 Å². The lowest BCUT2D eigenvalue weighted by Crippen LogP contribution is -2.05. The van der Waals surface area contributed by atoms with Crippen molar-refractivity contribution in [2.45, 2.75) is 30.1 Å². The highest BCUT2D eigenvalue weighted by Gasteiger charge is 2.39. The summed E-state index contributed by atoms with van der Waals surface area (Å²) in [4.78, 5) is 4.72. The van der Waals surface area contributed by atoms with E-state index in [1.165, 1.54) is 28.0 Å². The summed E-state index contributed by atoms with van der Waals surface area (Å²) < 4.78 is 0. The first-order chi connectivity index (χ1) is 10.6. The van der Waals surface area contributed by atoms with Crippen LogP contribution in [0.15, 0.2) is 75.4 Å². The van der Waals surface area contributed by atoms with Gasteiger partial charge in [0.1, 0.15) is 0 Å². The predicted octanol–water partition coefficient (Wildman–Crippen LogP) is 6.17. The first-order valence-corrected chi connectivity index (χ1v) is 10.0. The monoisotopic (exact) mass is 306 g/mol. The molecule has 0 aromatic heterocycles. The Morgan fingerprint density at radius 2 is 1.73 bits per heavy atom. The summed E-state index contributed by atoms with van der Waals surface area (Å²) in [6, 6.07) is 18.2. The van der Waals surface area contributed by atoms with Crippen LogP contribution in [-0.2, 0) is 0 Å². The second kappa shape index (κ2) is 4.89. The van der Waals surface area contributed by atoms with Crippen LogP contribution in [0.5, 0.6) is 0 Å². The van der Waals surface area contributed by atoms with Gasteiger partial charge in [0.05, 0.1) is 0 Å². The van der Waals surface area contributed by atoms with Crippen LogP contribution in [0.1, 0.15) is 24.5 Å². The minimum Gasteiger partial charge on any atom is -0.166 e. The van der Waals surface area contributed by atoms with Crippen LogP contribution in [0.2, 0.25) is 0 Å². The predicted molar refractivity (Wildman–Crippen MR) is 97.5 cm³/mol. The molecule has 0 amide bonds. The Labute approximate surface area is 134 Å². The molecule has 0 nitrogen and oxygen atoms in total. The number of hydrogen-bond acceptors (Lipinski definition) is 0. The van der Waals surface area contributed by atoms with Crippen LogP contribution < -0.4 is 0 Å². The van der Waals surface area contributed by atoms with Crippen molar-refractivity contribution in [2.24, 2.45) is 5.92 Å². The molecule has 1 heteroatoms. The maximum absolute atomic E-state index is 2.49. The number of benzene rings is 2. The Morgan fingerprint density at radius 1 is 1.00 bits per heavy atom. The van der Waals surface area contributed by atoms with Gasteiger partial charge in [0, 0.05) is 4.90 Å². The third-order valence-electron chi connectivity index (χ3n) is 5.00. The van der Waals surface area contributed by atoms with E-state index < -0.39 is 10.0 Å². The van der Waals surface area contributed by atoms with Crippen molar-refractivity contribution in [2.75, 3.05) is 6.26 Å². The molecule has 1 aliphatic carbocycles. The normalized spacial score (nSPS) is 29.0. The highest BCUT2D eigenvalue weighted by Crippen LogP contribution is 2.74. The van der Waals surface area contributed by atoms with Gasteiger partial charge in [-0.25, -0.2) is 0 Å². The molecule has 2 unspecified atom stereocenters. The van der Waals surface area contributed by atoms with Gasteiger partial charge in [-0.2, -0.15) is 10.0 Å². The summed E-state index contributed by atoms with van der Waals surface area (Å²) >= 11 is 0. The molecular weight excluding hydrogens is 284 g/mol. The maximum Gasteiger partial charge on any atom is 0.00554 e. The zero-order valence-electron chi connectivity index (χ0n) is 13.5. The van der Waals surface area contributed by atoms with Gasteiger partial charge in [0.15, 0.2) is 0 Å². The molecule has 0 N–H and O–H groups in total. The van der Waals surface area contributed by atoms with Crippen molar-refractivity contribution in [3.8, 4) is 0 Å². The number of aryl methyl sites for hydroxylation is 1. The molecule has 2 aliphatic rings. The summed E-state index contributed by atoms with van der Waals surface area (Å²) in [6.07, 6.45) is 8.43. The Balaban J connectivity index is 1.99. The molecule has 0 fully saturated rings. The molecule has 1 aliphatic heterocycles. The summed E-state index contributed by atoms with van der Waals surface area (Å²) in [5, 5.41) is 0. The number of fused-ring (bicyclic) bond motifs is 2. The van der Waals surface area contributed by atoms with E-state index in [4.69, 9.17) is 0 Å². The van der Waals surface area contributed by atoms with Gasteiger partial charge >= 0.3 is 0 Å². The van der Waals surface area contributed by atoms with Crippen LogP contribution >= 0.6 is 10.0 Å². The zero-order chi connectivity index (χ0) is 15.3. The summed E-state index contributed by atoms with van der Waals surface area (Å²) in [7, 11) is -1.06. The van der Waals surface area contributed by atoms with Crippen LogP contribution in [0.3, 0.4) is 0 Å². The Bertz CT molecular complexity index is 795. The molecule has 0 radical (unpaired) electrons. The van der Waals surface area contributed by atoms with E-state index in [9.17, 15) is 0 Å². The van der Waals surface area contributed by atoms with Gasteiger partial charge in [0.25, 0.3) is 0 Å². The zero-order valence-corrected chi connectivity index (χ0v) is 14.3. The summed E-state index contributed by atoms with van der Waals surface area (Å²) in [5.74, 6) is 0.644. The number of hydrogen-bond donors (Lipinski definition) is 0. The van der Waals surface area contributed by atoms with Crippen molar-refractivity contribution in [1.82, 2.24) is 0 Å².